The van der Waals surface area contributed by atoms with Crippen molar-refractivity contribution in [2.24, 2.45) is 0 Å². The van der Waals surface area contributed by atoms with Gasteiger partial charge in [-0.3, -0.25) is 9.80 Å². The van der Waals surface area contributed by atoms with E-state index in [1.165, 1.54) is 40.2 Å². The molecule has 0 fully saturated rings. The van der Waals surface area contributed by atoms with Crippen molar-refractivity contribution in [1.82, 2.24) is 4.90 Å². The van der Waals surface area contributed by atoms with Crippen LogP contribution in [0.5, 0.6) is 0 Å². The number of hydrogen-bond acceptors (Lipinski definition) is 9. The van der Waals surface area contributed by atoms with Gasteiger partial charge in [0, 0.05) is 12.1 Å². The van der Waals surface area contributed by atoms with Gasteiger partial charge < -0.3 is 23.7 Å². The van der Waals surface area contributed by atoms with Crippen molar-refractivity contribution in [3.63, 3.8) is 0 Å². The smallest absolute Gasteiger partial charge is 0.462 e. The van der Waals surface area contributed by atoms with Crippen molar-refractivity contribution >= 4 is 35.8 Å². The molecule has 48 heavy (non-hydrogen) atoms. The highest BCUT2D eigenvalue weighted by molar-refractivity contribution is 5.99. The van der Waals surface area contributed by atoms with E-state index in [0.717, 1.165) is 11.1 Å². The van der Waals surface area contributed by atoms with Crippen LogP contribution >= 0.6 is 0 Å². The molecule has 0 saturated heterocycles. The number of carbonyl (C=O) groups is 4. The summed E-state index contributed by atoms with van der Waals surface area (Å²) in [6.07, 6.45) is 0.483. The summed E-state index contributed by atoms with van der Waals surface area (Å²) in [6.45, 7) is 7.22. The van der Waals surface area contributed by atoms with Gasteiger partial charge in [-0.2, -0.15) is 0 Å². The summed E-state index contributed by atoms with van der Waals surface area (Å²) in [6, 6.07) is 22.1. The van der Waals surface area contributed by atoms with Gasteiger partial charge in [-0.05, 0) is 49.2 Å². The molecule has 1 atom stereocenters. The van der Waals surface area contributed by atoms with Crippen LogP contribution in [0.15, 0.2) is 97.6 Å². The number of esters is 1. The molecule has 248 valence electrons. The zero-order valence-corrected chi connectivity index (χ0v) is 26.8. The predicted octanol–water partition coefficient (Wildman–Crippen LogP) is 6.73. The third kappa shape index (κ3) is 9.50. The molecule has 0 N–H and O–H groups in total. The summed E-state index contributed by atoms with van der Waals surface area (Å²) in [4.78, 5) is 54.3. The Morgan fingerprint density at radius 1 is 0.875 bits per heavy atom. The van der Waals surface area contributed by atoms with E-state index in [4.69, 9.17) is 23.7 Å². The van der Waals surface area contributed by atoms with Gasteiger partial charge in [0.05, 0.1) is 31.0 Å². The number of fused-ring (bicyclic) bond motifs is 1. The molecule has 1 aliphatic rings. The molecule has 1 unspecified atom stereocenters. The van der Waals surface area contributed by atoms with Gasteiger partial charge in [-0.15, -0.1) is 0 Å². The van der Waals surface area contributed by atoms with Gasteiger partial charge in [0.15, 0.2) is 0 Å². The van der Waals surface area contributed by atoms with Crippen LogP contribution in [0, 0.1) is 11.8 Å². The third-order valence-corrected chi connectivity index (χ3v) is 6.80. The number of hydrogen-bond donors (Lipinski definition) is 0. The van der Waals surface area contributed by atoms with Crippen LogP contribution in [0.3, 0.4) is 0 Å². The molecule has 0 radical (unpaired) electrons. The quantitative estimate of drug-likeness (QED) is 0.0961. The molecule has 3 aromatic rings. The molecule has 0 aliphatic carbocycles. The lowest BCUT2D eigenvalue weighted by Crippen LogP contribution is -2.42. The third-order valence-electron chi connectivity index (χ3n) is 6.80. The summed E-state index contributed by atoms with van der Waals surface area (Å²) in [5.74, 6) is 5.39. The Kier molecular flexibility index (Phi) is 12.8. The minimum Gasteiger partial charge on any atom is -0.462 e. The average Bonchev–Trinajstić information content (AvgIpc) is 3.10. The predicted molar refractivity (Wildman–Crippen MR) is 178 cm³/mol. The van der Waals surface area contributed by atoms with E-state index in [2.05, 4.69) is 18.4 Å². The Hall–Kier alpha value is -6.02. The Balaban J connectivity index is 1.68. The molecule has 3 aromatic carbocycles. The first kappa shape index (κ1) is 34.8. The standard InChI is InChI=1S/C37H36N2O9/c1-4-22-46-37(43)48-33-24-30(39(36(42)45-6-3)32-20-19-29(23-31(32)33)34(40)44-5-2)18-13-21-38(25-27-14-9-7-10-15-27)35(41)47-26-28-16-11-8-12-17-28/h4,7-12,14-17,19-20,23-24,30H,1,5-6,21-22,25-26H2,2-3H3. The van der Waals surface area contributed by atoms with Crippen LogP contribution in [-0.2, 0) is 36.8 Å². The summed E-state index contributed by atoms with van der Waals surface area (Å²) in [5.41, 5.74) is 2.36. The second-order valence-electron chi connectivity index (χ2n) is 10.2. The molecular formula is C37H36N2O9. The summed E-state index contributed by atoms with van der Waals surface area (Å²) in [7, 11) is 0. The molecule has 1 aliphatic heterocycles. The zero-order valence-electron chi connectivity index (χ0n) is 26.8. The van der Waals surface area contributed by atoms with E-state index in [-0.39, 0.29) is 62.1 Å². The van der Waals surface area contributed by atoms with E-state index >= 15 is 0 Å². The van der Waals surface area contributed by atoms with Crippen LogP contribution in [0.1, 0.15) is 40.9 Å². The Morgan fingerprint density at radius 3 is 2.23 bits per heavy atom. The summed E-state index contributed by atoms with van der Waals surface area (Å²) in [5, 5.41) is 0. The van der Waals surface area contributed by atoms with Gasteiger partial charge in [-0.1, -0.05) is 85.2 Å². The van der Waals surface area contributed by atoms with Gasteiger partial charge >= 0.3 is 24.3 Å². The molecule has 0 saturated carbocycles. The van der Waals surface area contributed by atoms with E-state index in [1.807, 2.05) is 60.7 Å². The SMILES string of the molecule is C=CCOC(=O)OC1=CC(C#CCN(Cc2ccccc2)C(=O)OCc2ccccc2)N(C(=O)OCC)c2ccc(C(=O)OCC)cc21. The average molecular weight is 653 g/mol. The molecule has 2 amide bonds. The van der Waals surface area contributed by atoms with Gasteiger partial charge in [0.1, 0.15) is 25.0 Å². The number of rotatable bonds is 11. The van der Waals surface area contributed by atoms with Gasteiger partial charge in [0.2, 0.25) is 0 Å². The minimum absolute atomic E-state index is 0.00604. The maximum atomic E-state index is 13.3. The lowest BCUT2D eigenvalue weighted by atomic mass is 9.99. The highest BCUT2D eigenvalue weighted by Gasteiger charge is 2.34. The van der Waals surface area contributed by atoms with Crippen LogP contribution in [-0.4, -0.2) is 61.6 Å². The van der Waals surface area contributed by atoms with Crippen LogP contribution in [0.4, 0.5) is 20.1 Å². The number of nitrogens with zero attached hydrogens (tertiary/aromatic N) is 2. The second-order valence-corrected chi connectivity index (χ2v) is 10.2. The topological polar surface area (TPSA) is 121 Å². The maximum absolute atomic E-state index is 13.3. The summed E-state index contributed by atoms with van der Waals surface area (Å²) >= 11 is 0. The van der Waals surface area contributed by atoms with Crippen LogP contribution in [0.25, 0.3) is 5.76 Å². The lowest BCUT2D eigenvalue weighted by Gasteiger charge is -2.32. The van der Waals surface area contributed by atoms with Crippen molar-refractivity contribution < 1.29 is 42.9 Å². The largest absolute Gasteiger partial charge is 0.514 e. The normalized spacial score (nSPS) is 13.0. The van der Waals surface area contributed by atoms with E-state index < -0.39 is 30.4 Å². The zero-order chi connectivity index (χ0) is 34.3. The first-order valence-corrected chi connectivity index (χ1v) is 15.3. The first-order valence-electron chi connectivity index (χ1n) is 15.3. The number of ether oxygens (including phenoxy) is 5. The number of benzene rings is 3. The summed E-state index contributed by atoms with van der Waals surface area (Å²) < 4.78 is 26.6. The Bertz CT molecular complexity index is 1690. The van der Waals surface area contributed by atoms with Crippen molar-refractivity contribution in [2.75, 3.05) is 31.3 Å². The van der Waals surface area contributed by atoms with E-state index in [9.17, 15) is 19.2 Å². The highest BCUT2D eigenvalue weighted by atomic mass is 16.7. The molecule has 0 spiro atoms. The van der Waals surface area contributed by atoms with E-state index in [1.54, 1.807) is 13.8 Å². The Morgan fingerprint density at radius 2 is 1.56 bits per heavy atom. The van der Waals surface area contributed by atoms with Crippen molar-refractivity contribution in [3.05, 3.63) is 120 Å². The number of amides is 2. The molecule has 1 heterocycles. The number of carbonyl (C=O) groups excluding carboxylic acids is 4. The lowest BCUT2D eigenvalue weighted by molar-refractivity contribution is 0.0526. The molecule has 0 bridgehead atoms. The monoisotopic (exact) mass is 652 g/mol. The van der Waals surface area contributed by atoms with Crippen molar-refractivity contribution in [3.8, 4) is 11.8 Å². The van der Waals surface area contributed by atoms with Crippen molar-refractivity contribution in [1.29, 1.82) is 0 Å². The highest BCUT2D eigenvalue weighted by Crippen LogP contribution is 2.36. The molecule has 11 heteroatoms. The van der Waals surface area contributed by atoms with Gasteiger partial charge in [0.25, 0.3) is 0 Å². The minimum atomic E-state index is -1.03. The van der Waals surface area contributed by atoms with E-state index in [0.29, 0.717) is 0 Å². The first-order chi connectivity index (χ1) is 23.3. The molecule has 0 aromatic heterocycles. The van der Waals surface area contributed by atoms with Crippen LogP contribution in [0.2, 0.25) is 0 Å². The molecule has 11 nitrogen and oxygen atoms in total. The van der Waals surface area contributed by atoms with Crippen LogP contribution < -0.4 is 4.90 Å². The Labute approximate surface area is 279 Å². The fourth-order valence-electron chi connectivity index (χ4n) is 4.63. The maximum Gasteiger partial charge on any atom is 0.514 e. The molecule has 4 rings (SSSR count). The second kappa shape index (κ2) is 17.6. The van der Waals surface area contributed by atoms with Gasteiger partial charge in [-0.25, -0.2) is 19.2 Å². The molecular weight excluding hydrogens is 616 g/mol. The fraction of sp³-hybridized carbons (Fsp3) is 0.243. The fourth-order valence-corrected chi connectivity index (χ4v) is 4.63. The number of anilines is 1. The van der Waals surface area contributed by atoms with Crippen molar-refractivity contribution in [2.45, 2.75) is 33.0 Å².